The minimum Gasteiger partial charge on any atom is -0.387 e. The van der Waals surface area contributed by atoms with Crippen LogP contribution >= 0.6 is 0 Å². The van der Waals surface area contributed by atoms with E-state index in [-0.39, 0.29) is 5.69 Å². The number of aliphatic hydroxyl groups is 1. The van der Waals surface area contributed by atoms with E-state index in [1.807, 2.05) is 0 Å². The molecule has 0 unspecified atom stereocenters. The average Bonchev–Trinajstić information content (AvgIpc) is 2.43. The molecule has 0 aliphatic carbocycles. The van der Waals surface area contributed by atoms with Gasteiger partial charge >= 0.3 is 0 Å². The van der Waals surface area contributed by atoms with E-state index in [2.05, 4.69) is 10.6 Å². The smallest absolute Gasteiger partial charge is 0.250 e. The number of para-hydroxylation sites is 2. The number of hydrogen-bond donors (Lipinski definition) is 3. The molecule has 0 aliphatic heterocycles. The van der Waals surface area contributed by atoms with E-state index < -0.39 is 24.1 Å². The predicted molar refractivity (Wildman–Crippen MR) is 71.8 cm³/mol. The van der Waals surface area contributed by atoms with Gasteiger partial charge in [-0.1, -0.05) is 12.1 Å². The Morgan fingerprint density at radius 3 is 2.40 bits per heavy atom. The second-order valence-corrected chi connectivity index (χ2v) is 4.00. The summed E-state index contributed by atoms with van der Waals surface area (Å²) in [5.74, 6) is -2.00. The summed E-state index contributed by atoms with van der Waals surface area (Å²) in [5, 5.41) is 13.9. The number of hydrogen-bond acceptors (Lipinski definition) is 3. The molecule has 3 N–H and O–H groups in total. The fraction of sp³-hybridized carbons (Fsp3) is 0.0714. The summed E-state index contributed by atoms with van der Waals surface area (Å²) < 4.78 is 26.4. The first-order chi connectivity index (χ1) is 9.60. The fourth-order valence-electron chi connectivity index (χ4n) is 1.63. The third kappa shape index (κ3) is 3.30. The van der Waals surface area contributed by atoms with Gasteiger partial charge in [-0.3, -0.25) is 4.79 Å². The number of rotatable bonds is 4. The Morgan fingerprint density at radius 2 is 1.75 bits per heavy atom. The van der Waals surface area contributed by atoms with Gasteiger partial charge in [0.05, 0.1) is 17.1 Å². The lowest BCUT2D eigenvalue weighted by Gasteiger charge is -2.13. The maximum atomic E-state index is 13.6. The van der Waals surface area contributed by atoms with Crippen molar-refractivity contribution in [2.45, 2.75) is 0 Å². The first-order valence-electron chi connectivity index (χ1n) is 5.82. The SMILES string of the molecule is O=C(CO)Nc1ccccc1Nc1ccc(F)cc1F. The molecule has 0 spiro atoms. The van der Waals surface area contributed by atoms with Crippen LogP contribution in [0.4, 0.5) is 25.8 Å². The molecule has 0 saturated carbocycles. The molecule has 2 aromatic rings. The van der Waals surface area contributed by atoms with Crippen LogP contribution in [0.2, 0.25) is 0 Å². The highest BCUT2D eigenvalue weighted by Crippen LogP contribution is 2.26. The number of carbonyl (C=O) groups is 1. The van der Waals surface area contributed by atoms with Crippen molar-refractivity contribution < 1.29 is 18.7 Å². The average molecular weight is 278 g/mol. The maximum Gasteiger partial charge on any atom is 0.250 e. The summed E-state index contributed by atoms with van der Waals surface area (Å²) in [7, 11) is 0. The minimum absolute atomic E-state index is 0.0806. The normalized spacial score (nSPS) is 10.2. The van der Waals surface area contributed by atoms with Crippen molar-refractivity contribution in [1.82, 2.24) is 0 Å². The zero-order chi connectivity index (χ0) is 14.5. The topological polar surface area (TPSA) is 61.4 Å². The Morgan fingerprint density at radius 1 is 1.05 bits per heavy atom. The summed E-state index contributed by atoms with van der Waals surface area (Å²) in [5.41, 5.74) is 0.896. The molecule has 0 aliphatic rings. The first kappa shape index (κ1) is 14.0. The van der Waals surface area contributed by atoms with E-state index in [9.17, 15) is 13.6 Å². The van der Waals surface area contributed by atoms with Gasteiger partial charge < -0.3 is 15.7 Å². The third-order valence-corrected chi connectivity index (χ3v) is 2.55. The molecule has 0 bridgehead atoms. The predicted octanol–water partition coefficient (Wildman–Crippen LogP) is 2.64. The Hall–Kier alpha value is -2.47. The summed E-state index contributed by atoms with van der Waals surface area (Å²) in [6.45, 7) is -0.654. The lowest BCUT2D eigenvalue weighted by Crippen LogP contribution is -2.16. The van der Waals surface area contributed by atoms with Crippen LogP contribution in [0.15, 0.2) is 42.5 Å². The number of anilines is 3. The molecular formula is C14H12F2N2O2. The summed E-state index contributed by atoms with van der Waals surface area (Å²) >= 11 is 0. The molecular weight excluding hydrogens is 266 g/mol. The molecule has 104 valence electrons. The third-order valence-electron chi connectivity index (χ3n) is 2.55. The highest BCUT2D eigenvalue weighted by Gasteiger charge is 2.08. The molecule has 4 nitrogen and oxygen atoms in total. The van der Waals surface area contributed by atoms with Crippen LogP contribution in [0.1, 0.15) is 0 Å². The highest BCUT2D eigenvalue weighted by molar-refractivity contribution is 5.95. The van der Waals surface area contributed by atoms with Crippen LogP contribution in [0, 0.1) is 11.6 Å². The molecule has 0 saturated heterocycles. The van der Waals surface area contributed by atoms with Crippen LogP contribution in [0.25, 0.3) is 0 Å². The molecule has 0 atom stereocenters. The Kier molecular flexibility index (Phi) is 4.27. The van der Waals surface area contributed by atoms with E-state index >= 15 is 0 Å². The molecule has 2 rings (SSSR count). The van der Waals surface area contributed by atoms with Crippen LogP contribution in [0.5, 0.6) is 0 Å². The van der Waals surface area contributed by atoms with Crippen LogP contribution in [-0.4, -0.2) is 17.6 Å². The van der Waals surface area contributed by atoms with Crippen LogP contribution in [-0.2, 0) is 4.79 Å². The summed E-state index contributed by atoms with van der Waals surface area (Å²) in [6, 6.07) is 9.73. The van der Waals surface area contributed by atoms with Gasteiger partial charge in [0, 0.05) is 6.07 Å². The number of halogens is 2. The standard InChI is InChI=1S/C14H12F2N2O2/c15-9-5-6-11(10(16)7-9)17-12-3-1-2-4-13(12)18-14(20)8-19/h1-7,17,19H,8H2,(H,18,20). The van der Waals surface area contributed by atoms with Gasteiger partial charge in [-0.05, 0) is 24.3 Å². The molecule has 1 amide bonds. The van der Waals surface area contributed by atoms with E-state index in [4.69, 9.17) is 5.11 Å². The maximum absolute atomic E-state index is 13.6. The van der Waals surface area contributed by atoms with E-state index in [1.54, 1.807) is 24.3 Å². The van der Waals surface area contributed by atoms with Gasteiger partial charge in [0.2, 0.25) is 5.91 Å². The highest BCUT2D eigenvalue weighted by atomic mass is 19.1. The van der Waals surface area contributed by atoms with Crippen molar-refractivity contribution in [1.29, 1.82) is 0 Å². The van der Waals surface area contributed by atoms with Crippen molar-refractivity contribution in [3.05, 3.63) is 54.1 Å². The zero-order valence-electron chi connectivity index (χ0n) is 10.4. The Balaban J connectivity index is 2.26. The summed E-state index contributed by atoms with van der Waals surface area (Å²) in [6.07, 6.45) is 0. The number of amides is 1. The van der Waals surface area contributed by atoms with Crippen LogP contribution < -0.4 is 10.6 Å². The van der Waals surface area contributed by atoms with Gasteiger partial charge in [0.15, 0.2) is 0 Å². The number of benzene rings is 2. The molecule has 0 fully saturated rings. The zero-order valence-corrected chi connectivity index (χ0v) is 10.4. The molecule has 0 aromatic heterocycles. The molecule has 6 heteroatoms. The number of carbonyl (C=O) groups excluding carboxylic acids is 1. The largest absolute Gasteiger partial charge is 0.387 e. The molecule has 2 aromatic carbocycles. The Bertz CT molecular complexity index is 632. The fourth-order valence-corrected chi connectivity index (χ4v) is 1.63. The monoisotopic (exact) mass is 278 g/mol. The van der Waals surface area contributed by atoms with Crippen molar-refractivity contribution in [2.24, 2.45) is 0 Å². The second-order valence-electron chi connectivity index (χ2n) is 4.00. The number of nitrogens with one attached hydrogen (secondary N) is 2. The van der Waals surface area contributed by atoms with E-state index in [0.29, 0.717) is 11.4 Å². The van der Waals surface area contributed by atoms with Gasteiger partial charge in [0.25, 0.3) is 0 Å². The van der Waals surface area contributed by atoms with Crippen molar-refractivity contribution in [3.63, 3.8) is 0 Å². The second kappa shape index (κ2) is 6.12. The van der Waals surface area contributed by atoms with E-state index in [1.165, 1.54) is 6.07 Å². The van der Waals surface area contributed by atoms with Gasteiger partial charge in [0.1, 0.15) is 18.2 Å². The molecule has 20 heavy (non-hydrogen) atoms. The van der Waals surface area contributed by atoms with Gasteiger partial charge in [-0.2, -0.15) is 0 Å². The van der Waals surface area contributed by atoms with Crippen molar-refractivity contribution in [3.8, 4) is 0 Å². The number of aliphatic hydroxyl groups excluding tert-OH is 1. The van der Waals surface area contributed by atoms with E-state index in [0.717, 1.165) is 12.1 Å². The van der Waals surface area contributed by atoms with Crippen LogP contribution in [0.3, 0.4) is 0 Å². The molecule has 0 heterocycles. The minimum atomic E-state index is -0.742. The molecule has 0 radical (unpaired) electrons. The quantitative estimate of drug-likeness (QED) is 0.805. The summed E-state index contributed by atoms with van der Waals surface area (Å²) in [4.78, 5) is 11.2. The first-order valence-corrected chi connectivity index (χ1v) is 5.82. The lowest BCUT2D eigenvalue weighted by atomic mass is 10.2. The van der Waals surface area contributed by atoms with Crippen molar-refractivity contribution >= 4 is 23.0 Å². The van der Waals surface area contributed by atoms with Gasteiger partial charge in [-0.25, -0.2) is 8.78 Å². The lowest BCUT2D eigenvalue weighted by molar-refractivity contribution is -0.118. The Labute approximate surface area is 114 Å². The van der Waals surface area contributed by atoms with Crippen molar-refractivity contribution in [2.75, 3.05) is 17.2 Å². The van der Waals surface area contributed by atoms with Gasteiger partial charge in [-0.15, -0.1) is 0 Å².